The fourth-order valence-electron chi connectivity index (χ4n) is 1.47. The summed E-state index contributed by atoms with van der Waals surface area (Å²) in [5.74, 6) is -0.418. The van der Waals surface area contributed by atoms with Gasteiger partial charge in [0.2, 0.25) is 0 Å². The lowest BCUT2D eigenvalue weighted by atomic mass is 9.97. The Kier molecular flexibility index (Phi) is 4.15. The molecule has 1 unspecified atom stereocenters. The number of aliphatic carboxylic acids is 1. The third-order valence-electron chi connectivity index (χ3n) is 2.56. The van der Waals surface area contributed by atoms with Gasteiger partial charge < -0.3 is 5.11 Å². The zero-order valence-electron chi connectivity index (χ0n) is 8.96. The van der Waals surface area contributed by atoms with Crippen molar-refractivity contribution in [2.45, 2.75) is 32.6 Å². The summed E-state index contributed by atoms with van der Waals surface area (Å²) in [5.41, 5.74) is 1.84. The fraction of sp³-hybridized carbons (Fsp3) is 0.417. The van der Waals surface area contributed by atoms with Crippen molar-refractivity contribution in [3.8, 4) is 0 Å². The van der Waals surface area contributed by atoms with Crippen molar-refractivity contribution in [1.29, 1.82) is 0 Å². The van der Waals surface area contributed by atoms with Crippen LogP contribution in [0.15, 0.2) is 18.2 Å². The highest BCUT2D eigenvalue weighted by Crippen LogP contribution is 2.27. The number of halogens is 1. The Hall–Kier alpha value is -1.02. The number of hydrogen-bond acceptors (Lipinski definition) is 1. The van der Waals surface area contributed by atoms with E-state index in [-0.39, 0.29) is 6.42 Å². The molecular formula is C12H15ClO2. The first-order valence-corrected chi connectivity index (χ1v) is 5.42. The van der Waals surface area contributed by atoms with E-state index in [1.54, 1.807) is 6.07 Å². The molecule has 0 bridgehead atoms. The molecule has 82 valence electrons. The second-order valence-electron chi connectivity index (χ2n) is 3.74. The number of benzene rings is 1. The molecule has 1 N–H and O–H groups in total. The average Bonchev–Trinajstić information content (AvgIpc) is 2.16. The topological polar surface area (TPSA) is 37.3 Å². The Morgan fingerprint density at radius 3 is 2.67 bits per heavy atom. The molecule has 0 saturated carbocycles. The van der Waals surface area contributed by atoms with Crippen LogP contribution in [0, 0.1) is 0 Å². The predicted molar refractivity (Wildman–Crippen MR) is 61.5 cm³/mol. The summed E-state index contributed by atoms with van der Waals surface area (Å²) in [7, 11) is 0. The average molecular weight is 227 g/mol. The predicted octanol–water partition coefficient (Wildman–Crippen LogP) is 3.48. The van der Waals surface area contributed by atoms with Gasteiger partial charge in [-0.25, -0.2) is 0 Å². The van der Waals surface area contributed by atoms with Crippen LogP contribution in [0.4, 0.5) is 0 Å². The molecular weight excluding hydrogens is 212 g/mol. The maximum absolute atomic E-state index is 10.5. The third kappa shape index (κ3) is 3.24. The SMILES string of the molecule is CCC(C)c1ccc(CC(=O)O)cc1Cl. The van der Waals surface area contributed by atoms with E-state index < -0.39 is 5.97 Å². The monoisotopic (exact) mass is 226 g/mol. The van der Waals surface area contributed by atoms with Crippen molar-refractivity contribution < 1.29 is 9.90 Å². The van der Waals surface area contributed by atoms with E-state index in [4.69, 9.17) is 16.7 Å². The highest BCUT2D eigenvalue weighted by atomic mass is 35.5. The highest BCUT2D eigenvalue weighted by Gasteiger charge is 2.09. The maximum atomic E-state index is 10.5. The molecule has 0 aliphatic heterocycles. The van der Waals surface area contributed by atoms with Gasteiger partial charge in [0.15, 0.2) is 0 Å². The van der Waals surface area contributed by atoms with E-state index in [0.29, 0.717) is 10.9 Å². The quantitative estimate of drug-likeness (QED) is 0.854. The normalized spacial score (nSPS) is 12.5. The first-order chi connectivity index (χ1) is 7.04. The second-order valence-corrected chi connectivity index (χ2v) is 4.14. The standard InChI is InChI=1S/C12H15ClO2/c1-3-8(2)10-5-4-9(6-11(10)13)7-12(14)15/h4-6,8H,3,7H2,1-2H3,(H,14,15). The molecule has 1 aromatic carbocycles. The number of carboxylic acid groups (broad SMARTS) is 1. The van der Waals surface area contributed by atoms with Crippen molar-refractivity contribution in [3.05, 3.63) is 34.3 Å². The molecule has 0 aliphatic rings. The Bertz CT molecular complexity index is 361. The van der Waals surface area contributed by atoms with Gasteiger partial charge in [0, 0.05) is 5.02 Å². The van der Waals surface area contributed by atoms with Gasteiger partial charge in [-0.3, -0.25) is 4.79 Å². The largest absolute Gasteiger partial charge is 0.481 e. The molecule has 0 heterocycles. The van der Waals surface area contributed by atoms with Gasteiger partial charge in [-0.2, -0.15) is 0 Å². The van der Waals surface area contributed by atoms with Crippen molar-refractivity contribution in [2.24, 2.45) is 0 Å². The lowest BCUT2D eigenvalue weighted by Crippen LogP contribution is -2.01. The Morgan fingerprint density at radius 2 is 2.20 bits per heavy atom. The van der Waals surface area contributed by atoms with Gasteiger partial charge in [0.1, 0.15) is 0 Å². The first kappa shape index (κ1) is 12.1. The molecule has 1 aromatic rings. The second kappa shape index (κ2) is 5.17. The Balaban J connectivity index is 2.92. The van der Waals surface area contributed by atoms with Gasteiger partial charge >= 0.3 is 5.97 Å². The van der Waals surface area contributed by atoms with Crippen LogP contribution in [-0.4, -0.2) is 11.1 Å². The van der Waals surface area contributed by atoms with Crippen LogP contribution in [0.1, 0.15) is 37.3 Å². The lowest BCUT2D eigenvalue weighted by molar-refractivity contribution is -0.136. The van der Waals surface area contributed by atoms with Crippen LogP contribution >= 0.6 is 11.6 Å². The molecule has 1 atom stereocenters. The molecule has 2 nitrogen and oxygen atoms in total. The Labute approximate surface area is 94.9 Å². The molecule has 0 fully saturated rings. The number of hydrogen-bond donors (Lipinski definition) is 1. The molecule has 0 amide bonds. The summed E-state index contributed by atoms with van der Waals surface area (Å²) < 4.78 is 0. The molecule has 0 radical (unpaired) electrons. The van der Waals surface area contributed by atoms with Crippen LogP contribution < -0.4 is 0 Å². The summed E-state index contributed by atoms with van der Waals surface area (Å²) >= 11 is 6.09. The minimum absolute atomic E-state index is 0.0283. The van der Waals surface area contributed by atoms with Gasteiger partial charge in [-0.1, -0.05) is 37.6 Å². The van der Waals surface area contributed by atoms with Gasteiger partial charge in [0.25, 0.3) is 0 Å². The first-order valence-electron chi connectivity index (χ1n) is 5.04. The summed E-state index contributed by atoms with van der Waals surface area (Å²) in [4.78, 5) is 10.5. The fourth-order valence-corrected chi connectivity index (χ4v) is 1.86. The maximum Gasteiger partial charge on any atom is 0.307 e. The van der Waals surface area contributed by atoms with Crippen molar-refractivity contribution in [2.75, 3.05) is 0 Å². The molecule has 0 saturated heterocycles. The Morgan fingerprint density at radius 1 is 1.53 bits per heavy atom. The van der Waals surface area contributed by atoms with Crippen molar-refractivity contribution in [3.63, 3.8) is 0 Å². The van der Waals surface area contributed by atoms with Crippen LogP contribution in [0.2, 0.25) is 5.02 Å². The number of carbonyl (C=O) groups is 1. The third-order valence-corrected chi connectivity index (χ3v) is 2.89. The van der Waals surface area contributed by atoms with E-state index >= 15 is 0 Å². The lowest BCUT2D eigenvalue weighted by Gasteiger charge is -2.11. The summed E-state index contributed by atoms with van der Waals surface area (Å²) in [6.07, 6.45) is 1.05. The summed E-state index contributed by atoms with van der Waals surface area (Å²) in [6.45, 7) is 4.21. The van der Waals surface area contributed by atoms with Gasteiger partial charge in [-0.05, 0) is 29.5 Å². The molecule has 1 rings (SSSR count). The zero-order valence-corrected chi connectivity index (χ0v) is 9.71. The summed E-state index contributed by atoms with van der Waals surface area (Å²) in [6, 6.07) is 5.51. The van der Waals surface area contributed by atoms with E-state index in [1.807, 2.05) is 12.1 Å². The number of carboxylic acids is 1. The van der Waals surface area contributed by atoms with Crippen LogP contribution in [-0.2, 0) is 11.2 Å². The van der Waals surface area contributed by atoms with Gasteiger partial charge in [-0.15, -0.1) is 0 Å². The number of rotatable bonds is 4. The van der Waals surface area contributed by atoms with Crippen LogP contribution in [0.5, 0.6) is 0 Å². The van der Waals surface area contributed by atoms with E-state index in [9.17, 15) is 4.79 Å². The molecule has 0 spiro atoms. The minimum Gasteiger partial charge on any atom is -0.481 e. The zero-order chi connectivity index (χ0) is 11.4. The minimum atomic E-state index is -0.831. The van der Waals surface area contributed by atoms with Gasteiger partial charge in [0.05, 0.1) is 6.42 Å². The molecule has 3 heteroatoms. The summed E-state index contributed by atoms with van der Waals surface area (Å²) in [5, 5.41) is 9.31. The van der Waals surface area contributed by atoms with E-state index in [0.717, 1.165) is 17.5 Å². The van der Waals surface area contributed by atoms with Crippen LogP contribution in [0.25, 0.3) is 0 Å². The van der Waals surface area contributed by atoms with Crippen molar-refractivity contribution in [1.82, 2.24) is 0 Å². The molecule has 0 aliphatic carbocycles. The smallest absolute Gasteiger partial charge is 0.307 e. The van der Waals surface area contributed by atoms with E-state index in [1.165, 1.54) is 0 Å². The molecule has 0 aromatic heterocycles. The molecule has 15 heavy (non-hydrogen) atoms. The van der Waals surface area contributed by atoms with E-state index in [2.05, 4.69) is 13.8 Å². The highest BCUT2D eigenvalue weighted by molar-refractivity contribution is 6.31. The van der Waals surface area contributed by atoms with Crippen molar-refractivity contribution >= 4 is 17.6 Å². The van der Waals surface area contributed by atoms with Crippen LogP contribution in [0.3, 0.4) is 0 Å².